The highest BCUT2D eigenvalue weighted by Gasteiger charge is 2.12. The summed E-state index contributed by atoms with van der Waals surface area (Å²) >= 11 is 0. The maximum absolute atomic E-state index is 5.08. The summed E-state index contributed by atoms with van der Waals surface area (Å²) in [6.07, 6.45) is 1.56. The zero-order chi connectivity index (χ0) is 9.84. The third-order valence-electron chi connectivity index (χ3n) is 1.83. The lowest BCUT2D eigenvalue weighted by Gasteiger charge is -2.10. The maximum Gasteiger partial charge on any atom is 0.202 e. The summed E-state index contributed by atoms with van der Waals surface area (Å²) in [5.74, 6) is 0. The van der Waals surface area contributed by atoms with E-state index in [0.29, 0.717) is 6.04 Å². The molecule has 0 aliphatic rings. The van der Waals surface area contributed by atoms with Gasteiger partial charge in [0.2, 0.25) is 6.29 Å². The molecule has 1 aromatic heterocycles. The van der Waals surface area contributed by atoms with Crippen molar-refractivity contribution in [1.82, 2.24) is 9.78 Å². The molecule has 0 atom stereocenters. The Bertz CT molecular complexity index is 254. The van der Waals surface area contributed by atoms with Crippen molar-refractivity contribution in [3.8, 4) is 0 Å². The molecule has 0 fully saturated rings. The number of rotatable bonds is 4. The van der Waals surface area contributed by atoms with E-state index in [1.54, 1.807) is 14.2 Å². The van der Waals surface area contributed by atoms with Gasteiger partial charge in [0.25, 0.3) is 0 Å². The van der Waals surface area contributed by atoms with E-state index in [0.717, 1.165) is 5.69 Å². The average molecular weight is 184 g/mol. The van der Waals surface area contributed by atoms with E-state index in [4.69, 9.17) is 9.47 Å². The van der Waals surface area contributed by atoms with E-state index >= 15 is 0 Å². The van der Waals surface area contributed by atoms with Gasteiger partial charge in [0.05, 0.1) is 0 Å². The van der Waals surface area contributed by atoms with Crippen molar-refractivity contribution >= 4 is 0 Å². The molecular weight excluding hydrogens is 168 g/mol. The minimum atomic E-state index is -0.361. The van der Waals surface area contributed by atoms with Gasteiger partial charge in [-0.3, -0.25) is 4.68 Å². The van der Waals surface area contributed by atoms with Crippen LogP contribution >= 0.6 is 0 Å². The minimum absolute atomic E-state index is 0.361. The summed E-state index contributed by atoms with van der Waals surface area (Å²) < 4.78 is 12.0. The van der Waals surface area contributed by atoms with Gasteiger partial charge in [0.15, 0.2) is 0 Å². The molecule has 0 aromatic carbocycles. The van der Waals surface area contributed by atoms with Crippen LogP contribution in [0.5, 0.6) is 0 Å². The Morgan fingerprint density at radius 2 is 1.92 bits per heavy atom. The van der Waals surface area contributed by atoms with Crippen molar-refractivity contribution in [3.05, 3.63) is 18.0 Å². The van der Waals surface area contributed by atoms with Crippen LogP contribution in [0, 0.1) is 0 Å². The molecule has 74 valence electrons. The van der Waals surface area contributed by atoms with E-state index < -0.39 is 0 Å². The van der Waals surface area contributed by atoms with Crippen LogP contribution in [0.2, 0.25) is 0 Å². The second-order valence-corrected chi connectivity index (χ2v) is 3.12. The number of nitrogens with zero attached hydrogens (tertiary/aromatic N) is 2. The third-order valence-corrected chi connectivity index (χ3v) is 1.83. The van der Waals surface area contributed by atoms with Crippen molar-refractivity contribution in [3.63, 3.8) is 0 Å². The molecule has 0 aliphatic carbocycles. The van der Waals surface area contributed by atoms with Crippen LogP contribution in [0.4, 0.5) is 0 Å². The number of aromatic nitrogens is 2. The first-order valence-corrected chi connectivity index (χ1v) is 4.29. The molecule has 1 heterocycles. The van der Waals surface area contributed by atoms with Crippen molar-refractivity contribution < 1.29 is 9.47 Å². The zero-order valence-corrected chi connectivity index (χ0v) is 8.52. The fourth-order valence-electron chi connectivity index (χ4n) is 1.10. The number of methoxy groups -OCH3 is 2. The first-order valence-electron chi connectivity index (χ1n) is 4.29. The zero-order valence-electron chi connectivity index (χ0n) is 8.52. The molecule has 0 radical (unpaired) electrons. The fourth-order valence-corrected chi connectivity index (χ4v) is 1.10. The first-order chi connectivity index (χ1) is 6.19. The quantitative estimate of drug-likeness (QED) is 0.669. The van der Waals surface area contributed by atoms with Crippen LogP contribution < -0.4 is 0 Å². The van der Waals surface area contributed by atoms with Gasteiger partial charge < -0.3 is 9.47 Å². The summed E-state index contributed by atoms with van der Waals surface area (Å²) in [6, 6.07) is 2.26. The first kappa shape index (κ1) is 10.2. The van der Waals surface area contributed by atoms with Crippen LogP contribution in [0.15, 0.2) is 12.3 Å². The maximum atomic E-state index is 5.08. The summed E-state index contributed by atoms with van der Waals surface area (Å²) in [5.41, 5.74) is 0.804. The van der Waals surface area contributed by atoms with Gasteiger partial charge in [-0.05, 0) is 19.9 Å². The minimum Gasteiger partial charge on any atom is -0.350 e. The molecule has 0 N–H and O–H groups in total. The number of ether oxygens (including phenoxy) is 2. The number of hydrogen-bond acceptors (Lipinski definition) is 3. The molecule has 0 amide bonds. The third kappa shape index (κ3) is 2.29. The molecule has 1 aromatic rings. The lowest BCUT2D eigenvalue weighted by atomic mass is 10.4. The molecule has 0 saturated heterocycles. The normalized spacial score (nSPS) is 11.5. The molecule has 0 saturated carbocycles. The van der Waals surface area contributed by atoms with E-state index in [-0.39, 0.29) is 6.29 Å². The monoisotopic (exact) mass is 184 g/mol. The molecular formula is C9H16N2O2. The van der Waals surface area contributed by atoms with Crippen LogP contribution in [-0.4, -0.2) is 24.0 Å². The smallest absolute Gasteiger partial charge is 0.202 e. The highest BCUT2D eigenvalue weighted by molar-refractivity contribution is 5.01. The van der Waals surface area contributed by atoms with E-state index in [1.165, 1.54) is 0 Å². The SMILES string of the molecule is COC(OC)c1ccn(C(C)C)n1. The van der Waals surface area contributed by atoms with Crippen molar-refractivity contribution in [2.75, 3.05) is 14.2 Å². The summed E-state index contributed by atoms with van der Waals surface area (Å²) in [4.78, 5) is 0. The second kappa shape index (κ2) is 4.39. The molecule has 0 bridgehead atoms. The van der Waals surface area contributed by atoms with Crippen molar-refractivity contribution in [1.29, 1.82) is 0 Å². The van der Waals surface area contributed by atoms with E-state index in [9.17, 15) is 0 Å². The Morgan fingerprint density at radius 1 is 1.31 bits per heavy atom. The van der Waals surface area contributed by atoms with Gasteiger partial charge in [-0.2, -0.15) is 5.10 Å². The van der Waals surface area contributed by atoms with Crippen molar-refractivity contribution in [2.24, 2.45) is 0 Å². The average Bonchev–Trinajstić information content (AvgIpc) is 2.56. The standard InChI is InChI=1S/C9H16N2O2/c1-7(2)11-6-5-8(10-11)9(12-3)13-4/h5-7,9H,1-4H3. The molecule has 13 heavy (non-hydrogen) atoms. The van der Waals surface area contributed by atoms with Crippen LogP contribution in [-0.2, 0) is 9.47 Å². The highest BCUT2D eigenvalue weighted by Crippen LogP contribution is 2.15. The Hall–Kier alpha value is -0.870. The summed E-state index contributed by atoms with van der Waals surface area (Å²) in [5, 5.41) is 4.32. The molecule has 4 nitrogen and oxygen atoms in total. The van der Waals surface area contributed by atoms with Gasteiger partial charge in [-0.25, -0.2) is 0 Å². The Morgan fingerprint density at radius 3 is 2.31 bits per heavy atom. The van der Waals surface area contributed by atoms with Crippen molar-refractivity contribution in [2.45, 2.75) is 26.2 Å². The van der Waals surface area contributed by atoms with Gasteiger partial charge in [-0.15, -0.1) is 0 Å². The van der Waals surface area contributed by atoms with Gasteiger partial charge in [0.1, 0.15) is 5.69 Å². The second-order valence-electron chi connectivity index (χ2n) is 3.12. The van der Waals surface area contributed by atoms with Gasteiger partial charge in [0, 0.05) is 26.5 Å². The Kier molecular flexibility index (Phi) is 3.45. The Balaban J connectivity index is 2.78. The highest BCUT2D eigenvalue weighted by atomic mass is 16.7. The summed E-state index contributed by atoms with van der Waals surface area (Å²) in [7, 11) is 3.20. The van der Waals surface area contributed by atoms with Gasteiger partial charge >= 0.3 is 0 Å². The van der Waals surface area contributed by atoms with Crippen LogP contribution in [0.1, 0.15) is 31.9 Å². The predicted octanol–water partition coefficient (Wildman–Crippen LogP) is 1.76. The molecule has 0 spiro atoms. The topological polar surface area (TPSA) is 36.3 Å². The number of hydrogen-bond donors (Lipinski definition) is 0. The predicted molar refractivity (Wildman–Crippen MR) is 49.4 cm³/mol. The lowest BCUT2D eigenvalue weighted by molar-refractivity contribution is -0.108. The molecule has 0 unspecified atom stereocenters. The van der Waals surface area contributed by atoms with Gasteiger partial charge in [-0.1, -0.05) is 0 Å². The largest absolute Gasteiger partial charge is 0.350 e. The van der Waals surface area contributed by atoms with Crippen LogP contribution in [0.3, 0.4) is 0 Å². The van der Waals surface area contributed by atoms with E-state index in [2.05, 4.69) is 18.9 Å². The Labute approximate surface area is 78.5 Å². The van der Waals surface area contributed by atoms with Crippen LogP contribution in [0.25, 0.3) is 0 Å². The summed E-state index contributed by atoms with van der Waals surface area (Å²) in [6.45, 7) is 4.15. The molecule has 1 rings (SSSR count). The molecule has 0 aliphatic heterocycles. The van der Waals surface area contributed by atoms with E-state index in [1.807, 2.05) is 16.9 Å². The lowest BCUT2D eigenvalue weighted by Crippen LogP contribution is -2.07. The fraction of sp³-hybridized carbons (Fsp3) is 0.667. The molecule has 4 heteroatoms.